The van der Waals surface area contributed by atoms with Crippen LogP contribution in [-0.4, -0.2) is 33.5 Å². The van der Waals surface area contributed by atoms with Crippen LogP contribution in [0, 0.1) is 13.8 Å². The second-order valence-electron chi connectivity index (χ2n) is 6.62. The first-order chi connectivity index (χ1) is 12.0. The number of fused-ring (bicyclic) bond motifs is 1. The van der Waals surface area contributed by atoms with E-state index in [2.05, 4.69) is 21.8 Å². The van der Waals surface area contributed by atoms with Crippen molar-refractivity contribution in [3.63, 3.8) is 0 Å². The van der Waals surface area contributed by atoms with Gasteiger partial charge in [0, 0.05) is 18.7 Å². The van der Waals surface area contributed by atoms with E-state index in [-0.39, 0.29) is 17.9 Å². The number of anilines is 1. The number of benzene rings is 1. The molecule has 0 atom stereocenters. The summed E-state index contributed by atoms with van der Waals surface area (Å²) in [5.41, 5.74) is 5.12. The second-order valence-corrected chi connectivity index (χ2v) is 7.43. The minimum absolute atomic E-state index is 0. The molecule has 1 aliphatic heterocycles. The highest BCUT2D eigenvalue weighted by molar-refractivity contribution is 6.42. The van der Waals surface area contributed by atoms with Crippen molar-refractivity contribution in [2.45, 2.75) is 33.1 Å². The fraction of sp³-hybridized carbons (Fsp3) is 0.368. The van der Waals surface area contributed by atoms with Gasteiger partial charge in [0.2, 0.25) is 0 Å². The van der Waals surface area contributed by atoms with Gasteiger partial charge in [-0.05, 0) is 50.8 Å². The molecule has 1 aliphatic rings. The molecule has 0 radical (unpaired) electrons. The molecule has 1 fully saturated rings. The maximum Gasteiger partial charge on any atom is 0.156 e. The monoisotopic (exact) mass is 428 g/mol. The quantitative estimate of drug-likeness (QED) is 0.613. The summed E-state index contributed by atoms with van der Waals surface area (Å²) in [5.74, 6) is 1.81. The van der Waals surface area contributed by atoms with E-state index in [1.54, 1.807) is 0 Å². The van der Waals surface area contributed by atoms with Crippen LogP contribution in [0.25, 0.3) is 22.3 Å². The molecule has 0 amide bonds. The van der Waals surface area contributed by atoms with Crippen LogP contribution in [0.1, 0.15) is 30.7 Å². The molecule has 8 heteroatoms. The molecule has 2 aromatic heterocycles. The Labute approximate surface area is 174 Å². The van der Waals surface area contributed by atoms with E-state index in [1.807, 2.05) is 25.1 Å². The van der Waals surface area contributed by atoms with Crippen molar-refractivity contribution in [2.75, 3.05) is 18.0 Å². The number of H-pyrrole nitrogens is 1. The van der Waals surface area contributed by atoms with Crippen molar-refractivity contribution in [2.24, 2.45) is 0 Å². The van der Waals surface area contributed by atoms with Gasteiger partial charge in [0.05, 0.1) is 21.3 Å². The molecule has 3 heterocycles. The van der Waals surface area contributed by atoms with Gasteiger partial charge in [-0.25, -0.2) is 9.97 Å². The zero-order valence-electron chi connectivity index (χ0n) is 15.3. The minimum Gasteiger partial charge on any atom is -0.412 e. The molecular formula is C19H23Cl3N4O. The van der Waals surface area contributed by atoms with Crippen LogP contribution in [0.15, 0.2) is 18.2 Å². The fourth-order valence-electron chi connectivity index (χ4n) is 3.56. The number of nitrogens with one attached hydrogen (secondary N) is 1. The summed E-state index contributed by atoms with van der Waals surface area (Å²) in [6.07, 6.45) is 3.72. The Hall–Kier alpha value is -1.53. The topological polar surface area (TPSA) is 76.3 Å². The van der Waals surface area contributed by atoms with Crippen molar-refractivity contribution < 1.29 is 5.48 Å². The maximum absolute atomic E-state index is 6.21. The fourth-order valence-corrected chi connectivity index (χ4v) is 3.85. The third kappa shape index (κ3) is 4.02. The first-order valence-electron chi connectivity index (χ1n) is 8.62. The van der Waals surface area contributed by atoms with Crippen LogP contribution in [-0.2, 0) is 0 Å². The predicted molar refractivity (Wildman–Crippen MR) is 116 cm³/mol. The third-order valence-corrected chi connectivity index (χ3v) is 5.58. The lowest BCUT2D eigenvalue weighted by Gasteiger charge is -2.28. The molecule has 1 aromatic carbocycles. The number of aromatic amines is 1. The Morgan fingerprint density at radius 3 is 2.37 bits per heavy atom. The van der Waals surface area contributed by atoms with Crippen LogP contribution >= 0.6 is 35.6 Å². The standard InChI is InChI=1S/C19H20Cl2N4.ClH.H2O/c1-11-16(13-6-7-14(20)15(21)10-13)24-18-17(11)22-12(2)23-19(18)25-8-4-3-5-9-25;;/h6-7,10,24H,3-5,8-9H2,1-2H3;1H;1H2. The average Bonchev–Trinajstić information content (AvgIpc) is 2.94. The lowest BCUT2D eigenvalue weighted by atomic mass is 10.1. The van der Waals surface area contributed by atoms with Gasteiger partial charge in [0.25, 0.3) is 0 Å². The first kappa shape index (κ1) is 21.8. The van der Waals surface area contributed by atoms with E-state index in [4.69, 9.17) is 28.2 Å². The molecule has 5 nitrogen and oxygen atoms in total. The zero-order valence-corrected chi connectivity index (χ0v) is 17.6. The van der Waals surface area contributed by atoms with Gasteiger partial charge in [-0.15, -0.1) is 12.4 Å². The number of piperidine rings is 1. The Bertz CT molecular complexity index is 952. The van der Waals surface area contributed by atoms with E-state index in [9.17, 15) is 0 Å². The van der Waals surface area contributed by atoms with Crippen LogP contribution in [0.2, 0.25) is 10.0 Å². The number of rotatable bonds is 2. The number of halogens is 3. The summed E-state index contributed by atoms with van der Waals surface area (Å²) in [4.78, 5) is 15.4. The van der Waals surface area contributed by atoms with Crippen molar-refractivity contribution >= 4 is 52.5 Å². The first-order valence-corrected chi connectivity index (χ1v) is 9.37. The van der Waals surface area contributed by atoms with Crippen molar-refractivity contribution in [1.29, 1.82) is 0 Å². The summed E-state index contributed by atoms with van der Waals surface area (Å²) in [6, 6.07) is 5.70. The number of hydrogen-bond donors (Lipinski definition) is 1. The molecule has 0 unspecified atom stereocenters. The Morgan fingerprint density at radius 1 is 1.00 bits per heavy atom. The smallest absolute Gasteiger partial charge is 0.156 e. The highest BCUT2D eigenvalue weighted by Crippen LogP contribution is 2.35. The second kappa shape index (κ2) is 8.65. The largest absolute Gasteiger partial charge is 0.412 e. The lowest BCUT2D eigenvalue weighted by Crippen LogP contribution is -2.30. The highest BCUT2D eigenvalue weighted by Gasteiger charge is 2.21. The molecule has 3 aromatic rings. The van der Waals surface area contributed by atoms with Crippen LogP contribution in [0.3, 0.4) is 0 Å². The number of aryl methyl sites for hydroxylation is 2. The number of aromatic nitrogens is 3. The third-order valence-electron chi connectivity index (χ3n) is 4.85. The van der Waals surface area contributed by atoms with Crippen LogP contribution in [0.5, 0.6) is 0 Å². The van der Waals surface area contributed by atoms with Crippen LogP contribution in [0.4, 0.5) is 5.82 Å². The molecule has 3 N–H and O–H groups in total. The van der Waals surface area contributed by atoms with Crippen molar-refractivity contribution in [3.8, 4) is 11.3 Å². The van der Waals surface area contributed by atoms with Crippen molar-refractivity contribution in [3.05, 3.63) is 39.6 Å². The molecule has 0 aliphatic carbocycles. The number of nitrogens with zero attached hydrogens (tertiary/aromatic N) is 3. The molecule has 0 spiro atoms. The minimum atomic E-state index is 0. The van der Waals surface area contributed by atoms with Gasteiger partial charge in [0.15, 0.2) is 5.82 Å². The molecule has 4 rings (SSSR count). The van der Waals surface area contributed by atoms with Crippen LogP contribution < -0.4 is 4.90 Å². The molecule has 1 saturated heterocycles. The summed E-state index contributed by atoms with van der Waals surface area (Å²) < 4.78 is 0. The van der Waals surface area contributed by atoms with E-state index in [0.29, 0.717) is 10.0 Å². The normalized spacial score (nSPS) is 14.0. The Morgan fingerprint density at radius 2 is 1.70 bits per heavy atom. The molecular weight excluding hydrogens is 407 g/mol. The van der Waals surface area contributed by atoms with E-state index < -0.39 is 0 Å². The summed E-state index contributed by atoms with van der Waals surface area (Å²) >= 11 is 12.3. The van der Waals surface area contributed by atoms with Gasteiger partial charge in [-0.2, -0.15) is 0 Å². The molecule has 146 valence electrons. The van der Waals surface area contributed by atoms with Gasteiger partial charge in [-0.1, -0.05) is 29.3 Å². The van der Waals surface area contributed by atoms with E-state index in [1.165, 1.54) is 19.3 Å². The van der Waals surface area contributed by atoms with Gasteiger partial charge >= 0.3 is 0 Å². The number of hydrogen-bond acceptors (Lipinski definition) is 3. The average molecular weight is 430 g/mol. The Kier molecular flexibility index (Phi) is 6.98. The zero-order chi connectivity index (χ0) is 17.6. The maximum atomic E-state index is 6.21. The molecule has 0 bridgehead atoms. The van der Waals surface area contributed by atoms with Gasteiger partial charge < -0.3 is 15.4 Å². The Balaban J connectivity index is 0.00000131. The molecule has 27 heavy (non-hydrogen) atoms. The highest BCUT2D eigenvalue weighted by atomic mass is 35.5. The SMILES string of the molecule is Cc1nc(N2CCCCC2)c2[nH]c(-c3ccc(Cl)c(Cl)c3)c(C)c2n1.Cl.O. The predicted octanol–water partition coefficient (Wildman–Crippen LogP) is 5.14. The van der Waals surface area contributed by atoms with E-state index >= 15 is 0 Å². The summed E-state index contributed by atoms with van der Waals surface area (Å²) in [6.45, 7) is 6.14. The van der Waals surface area contributed by atoms with Gasteiger partial charge in [0.1, 0.15) is 11.3 Å². The summed E-state index contributed by atoms with van der Waals surface area (Å²) in [7, 11) is 0. The van der Waals surface area contributed by atoms with E-state index in [0.717, 1.165) is 52.6 Å². The summed E-state index contributed by atoms with van der Waals surface area (Å²) in [5, 5.41) is 1.11. The van der Waals surface area contributed by atoms with Crippen molar-refractivity contribution in [1.82, 2.24) is 15.0 Å². The lowest BCUT2D eigenvalue weighted by molar-refractivity contribution is 0.574. The molecule has 0 saturated carbocycles. The van der Waals surface area contributed by atoms with Gasteiger partial charge in [-0.3, -0.25) is 0 Å².